The Morgan fingerprint density at radius 2 is 1.91 bits per heavy atom. The number of carbonyl (C=O) groups excluding carboxylic acids is 1. The molecule has 1 N–H and O–H groups in total. The Bertz CT molecular complexity index is 661. The van der Waals surface area contributed by atoms with Crippen LogP contribution in [0.4, 0.5) is 0 Å². The summed E-state index contributed by atoms with van der Waals surface area (Å²) in [7, 11) is 0. The topological polar surface area (TPSA) is 62.5 Å². The molecule has 0 aliphatic heterocycles. The number of fused-ring (bicyclic) bond motifs is 1. The van der Waals surface area contributed by atoms with Crippen LogP contribution in [-0.2, 0) is 16.1 Å². The van der Waals surface area contributed by atoms with Gasteiger partial charge in [-0.25, -0.2) is 0 Å². The Labute approximate surface area is 130 Å². The summed E-state index contributed by atoms with van der Waals surface area (Å²) in [6, 6.07) is 10.1. The molecule has 0 saturated heterocycles. The van der Waals surface area contributed by atoms with E-state index in [1.165, 1.54) is 0 Å². The predicted octanol–water partition coefficient (Wildman–Crippen LogP) is 2.74. The van der Waals surface area contributed by atoms with Gasteiger partial charge in [-0.05, 0) is 31.4 Å². The van der Waals surface area contributed by atoms with Crippen molar-refractivity contribution in [1.82, 2.24) is 9.47 Å². The lowest BCUT2D eigenvalue weighted by molar-refractivity contribution is -0.139. The lowest BCUT2D eigenvalue weighted by Gasteiger charge is -2.26. The van der Waals surface area contributed by atoms with E-state index in [1.807, 2.05) is 50.4 Å². The predicted molar refractivity (Wildman–Crippen MR) is 85.7 cm³/mol. The van der Waals surface area contributed by atoms with Crippen molar-refractivity contribution < 1.29 is 14.7 Å². The second kappa shape index (κ2) is 7.11. The molecule has 0 unspecified atom stereocenters. The molecule has 0 fully saturated rings. The van der Waals surface area contributed by atoms with Crippen molar-refractivity contribution in [3.63, 3.8) is 0 Å². The van der Waals surface area contributed by atoms with Gasteiger partial charge in [0.05, 0.1) is 6.42 Å². The molecular weight excluding hydrogens is 280 g/mol. The van der Waals surface area contributed by atoms with E-state index in [9.17, 15) is 9.59 Å². The normalized spacial score (nSPS) is 11.0. The molecule has 0 bridgehead atoms. The molecule has 2 aromatic rings. The lowest BCUT2D eigenvalue weighted by Crippen LogP contribution is -2.38. The molecule has 0 atom stereocenters. The molecule has 5 nitrogen and oxygen atoms in total. The fraction of sp³-hybridized carbons (Fsp3) is 0.412. The number of rotatable bonds is 7. The number of amides is 1. The summed E-state index contributed by atoms with van der Waals surface area (Å²) in [5.41, 5.74) is 1.11. The highest BCUT2D eigenvalue weighted by Gasteiger charge is 2.17. The zero-order chi connectivity index (χ0) is 16.1. The third kappa shape index (κ3) is 3.87. The molecule has 2 rings (SSSR count). The molecule has 118 valence electrons. The maximum atomic E-state index is 12.3. The number of para-hydroxylation sites is 1. The molecule has 0 saturated carbocycles. The van der Waals surface area contributed by atoms with E-state index in [2.05, 4.69) is 4.57 Å². The molecular formula is C17H22N2O3. The zero-order valence-corrected chi connectivity index (χ0v) is 13.0. The average Bonchev–Trinajstić information content (AvgIpc) is 2.88. The fourth-order valence-electron chi connectivity index (χ4n) is 2.58. The largest absolute Gasteiger partial charge is 0.481 e. The Balaban J connectivity index is 1.99. The van der Waals surface area contributed by atoms with Crippen LogP contribution in [0.5, 0.6) is 0 Å². The van der Waals surface area contributed by atoms with Crippen molar-refractivity contribution in [2.45, 2.75) is 39.3 Å². The van der Waals surface area contributed by atoms with Gasteiger partial charge in [-0.1, -0.05) is 18.2 Å². The number of aromatic nitrogens is 1. The lowest BCUT2D eigenvalue weighted by atomic mass is 10.2. The maximum Gasteiger partial charge on any atom is 0.305 e. The molecule has 1 aromatic heterocycles. The van der Waals surface area contributed by atoms with Crippen LogP contribution in [0, 0.1) is 0 Å². The number of carbonyl (C=O) groups is 2. The van der Waals surface area contributed by atoms with Crippen LogP contribution in [0.2, 0.25) is 0 Å². The summed E-state index contributed by atoms with van der Waals surface area (Å²) in [4.78, 5) is 24.7. The molecule has 1 aromatic carbocycles. The SMILES string of the molecule is CC(C)N(CCC(=O)O)C(=O)CCn1ccc2ccccc21. The first-order valence-corrected chi connectivity index (χ1v) is 7.54. The van der Waals surface area contributed by atoms with Gasteiger partial charge >= 0.3 is 5.97 Å². The number of carboxylic acid groups (broad SMARTS) is 1. The summed E-state index contributed by atoms with van der Waals surface area (Å²) in [6.45, 7) is 4.68. The van der Waals surface area contributed by atoms with Gasteiger partial charge in [0.1, 0.15) is 0 Å². The second-order valence-corrected chi connectivity index (χ2v) is 5.64. The third-order valence-electron chi connectivity index (χ3n) is 3.76. The van der Waals surface area contributed by atoms with E-state index in [4.69, 9.17) is 5.11 Å². The maximum absolute atomic E-state index is 12.3. The van der Waals surface area contributed by atoms with E-state index in [1.54, 1.807) is 4.90 Å². The minimum Gasteiger partial charge on any atom is -0.481 e. The van der Waals surface area contributed by atoms with Gasteiger partial charge in [-0.3, -0.25) is 9.59 Å². The Morgan fingerprint density at radius 1 is 1.18 bits per heavy atom. The van der Waals surface area contributed by atoms with Crippen LogP contribution in [-0.4, -0.2) is 39.0 Å². The average molecular weight is 302 g/mol. The van der Waals surface area contributed by atoms with Crippen LogP contribution < -0.4 is 0 Å². The van der Waals surface area contributed by atoms with Crippen molar-refractivity contribution in [1.29, 1.82) is 0 Å². The summed E-state index contributed by atoms with van der Waals surface area (Å²) in [5.74, 6) is -0.885. The number of aliphatic carboxylic acids is 1. The molecule has 1 amide bonds. The second-order valence-electron chi connectivity index (χ2n) is 5.64. The number of benzene rings is 1. The highest BCUT2D eigenvalue weighted by Crippen LogP contribution is 2.16. The minimum atomic E-state index is -0.880. The van der Waals surface area contributed by atoms with E-state index in [0.29, 0.717) is 13.0 Å². The van der Waals surface area contributed by atoms with Crippen molar-refractivity contribution >= 4 is 22.8 Å². The molecule has 5 heteroatoms. The summed E-state index contributed by atoms with van der Waals surface area (Å²) >= 11 is 0. The van der Waals surface area contributed by atoms with Crippen molar-refractivity contribution in [3.8, 4) is 0 Å². The van der Waals surface area contributed by atoms with Crippen LogP contribution in [0.3, 0.4) is 0 Å². The van der Waals surface area contributed by atoms with E-state index in [-0.39, 0.29) is 24.9 Å². The van der Waals surface area contributed by atoms with Crippen LogP contribution in [0.15, 0.2) is 36.5 Å². The molecule has 1 heterocycles. The molecule has 0 spiro atoms. The van der Waals surface area contributed by atoms with Gasteiger partial charge in [-0.15, -0.1) is 0 Å². The quantitative estimate of drug-likeness (QED) is 0.855. The number of hydrogen-bond acceptors (Lipinski definition) is 2. The molecule has 0 aliphatic rings. The van der Waals surface area contributed by atoms with Gasteiger partial charge in [0.15, 0.2) is 0 Å². The Kier molecular flexibility index (Phi) is 5.20. The zero-order valence-electron chi connectivity index (χ0n) is 13.0. The van der Waals surface area contributed by atoms with Gasteiger partial charge in [-0.2, -0.15) is 0 Å². The molecule has 0 radical (unpaired) electrons. The first-order chi connectivity index (χ1) is 10.5. The first-order valence-electron chi connectivity index (χ1n) is 7.54. The number of aryl methyl sites for hydroxylation is 1. The minimum absolute atomic E-state index is 0.00553. The van der Waals surface area contributed by atoms with E-state index >= 15 is 0 Å². The fourth-order valence-corrected chi connectivity index (χ4v) is 2.58. The van der Waals surface area contributed by atoms with E-state index in [0.717, 1.165) is 10.9 Å². The highest BCUT2D eigenvalue weighted by atomic mass is 16.4. The number of nitrogens with zero attached hydrogens (tertiary/aromatic N) is 2. The Morgan fingerprint density at radius 3 is 2.59 bits per heavy atom. The van der Waals surface area contributed by atoms with Crippen molar-refractivity contribution in [2.24, 2.45) is 0 Å². The van der Waals surface area contributed by atoms with Gasteiger partial charge < -0.3 is 14.6 Å². The van der Waals surface area contributed by atoms with Crippen LogP contribution >= 0.6 is 0 Å². The number of carboxylic acids is 1. The first kappa shape index (κ1) is 16.1. The summed E-state index contributed by atoms with van der Waals surface area (Å²) in [5, 5.41) is 9.94. The molecule has 0 aliphatic carbocycles. The van der Waals surface area contributed by atoms with Crippen molar-refractivity contribution in [3.05, 3.63) is 36.5 Å². The summed E-state index contributed by atoms with van der Waals surface area (Å²) in [6.07, 6.45) is 2.34. The number of hydrogen-bond donors (Lipinski definition) is 1. The van der Waals surface area contributed by atoms with Crippen molar-refractivity contribution in [2.75, 3.05) is 6.54 Å². The monoisotopic (exact) mass is 302 g/mol. The van der Waals surface area contributed by atoms with Crippen LogP contribution in [0.1, 0.15) is 26.7 Å². The van der Waals surface area contributed by atoms with Gasteiger partial charge in [0, 0.05) is 37.3 Å². The highest BCUT2D eigenvalue weighted by molar-refractivity contribution is 5.81. The van der Waals surface area contributed by atoms with E-state index < -0.39 is 5.97 Å². The summed E-state index contributed by atoms with van der Waals surface area (Å²) < 4.78 is 2.06. The molecule has 22 heavy (non-hydrogen) atoms. The standard InChI is InChI=1S/C17H22N2O3/c1-13(2)19(12-9-17(21)22)16(20)8-11-18-10-7-14-5-3-4-6-15(14)18/h3-7,10,13H,8-9,11-12H2,1-2H3,(H,21,22). The van der Waals surface area contributed by atoms with Gasteiger partial charge in [0.2, 0.25) is 5.91 Å². The smallest absolute Gasteiger partial charge is 0.305 e. The van der Waals surface area contributed by atoms with Crippen LogP contribution in [0.25, 0.3) is 10.9 Å². The third-order valence-corrected chi connectivity index (χ3v) is 3.76. The van der Waals surface area contributed by atoms with Gasteiger partial charge in [0.25, 0.3) is 0 Å². The Hall–Kier alpha value is -2.30.